The number of carbonyl (C=O) groups is 1. The van der Waals surface area contributed by atoms with Crippen molar-refractivity contribution in [3.05, 3.63) is 40.4 Å². The summed E-state index contributed by atoms with van der Waals surface area (Å²) >= 11 is 0. The summed E-state index contributed by atoms with van der Waals surface area (Å²) in [7, 11) is 0. The molecule has 3 heteroatoms. The molecule has 0 aromatic carbocycles. The number of aryl methyl sites for hydroxylation is 1. The van der Waals surface area contributed by atoms with E-state index in [0.29, 0.717) is 11.3 Å². The van der Waals surface area contributed by atoms with Gasteiger partial charge in [0.15, 0.2) is 0 Å². The Bertz CT molecular complexity index is 653. The monoisotopic (exact) mass is 265 g/mol. The van der Waals surface area contributed by atoms with Crippen LogP contribution in [0.1, 0.15) is 44.3 Å². The summed E-state index contributed by atoms with van der Waals surface area (Å²) in [5, 5.41) is 0. The van der Waals surface area contributed by atoms with Crippen LogP contribution < -0.4 is 5.73 Å². The molecular formula is C17H20BNO. The van der Waals surface area contributed by atoms with E-state index in [1.54, 1.807) is 6.92 Å². The zero-order valence-electron chi connectivity index (χ0n) is 12.8. The molecule has 0 amide bonds. The van der Waals surface area contributed by atoms with Crippen LogP contribution in [0, 0.1) is 18.8 Å². The molecule has 2 nitrogen and oxygen atoms in total. The zero-order chi connectivity index (χ0) is 15.3. The molecule has 1 rings (SSSR count). The van der Waals surface area contributed by atoms with E-state index in [4.69, 9.17) is 5.73 Å². The van der Waals surface area contributed by atoms with Gasteiger partial charge in [-0.15, -0.1) is 0 Å². The summed E-state index contributed by atoms with van der Waals surface area (Å²) in [5.41, 5.74) is 11.0. The number of allylic oxidation sites excluding steroid dienone is 4. The zero-order valence-corrected chi connectivity index (χ0v) is 12.8. The molecule has 0 unspecified atom stereocenters. The molecule has 0 aliphatic heterocycles. The fraction of sp³-hybridized carbons (Fsp3) is 0.294. The molecule has 102 valence electrons. The molecule has 0 fully saturated rings. The fourth-order valence-corrected chi connectivity index (χ4v) is 2.26. The molecule has 0 radical (unpaired) electrons. The number of rotatable bonds is 3. The number of nitrogens with two attached hydrogens (primary N) is 1. The van der Waals surface area contributed by atoms with Crippen LogP contribution in [-0.2, 0) is 4.79 Å². The van der Waals surface area contributed by atoms with Crippen molar-refractivity contribution < 1.29 is 4.79 Å². The van der Waals surface area contributed by atoms with Crippen LogP contribution in [0.25, 0.3) is 11.1 Å². The van der Waals surface area contributed by atoms with Gasteiger partial charge in [-0.1, -0.05) is 0 Å². The quantitative estimate of drug-likeness (QED) is 0.674. The SMILES string of the molecule is CC#C/C(=C/C)c1bcc(C(C(C)=O)=C(C)N)cc1C. The van der Waals surface area contributed by atoms with E-state index in [0.717, 1.165) is 22.2 Å². The summed E-state index contributed by atoms with van der Waals surface area (Å²) in [6.45, 7) is 11.1. The van der Waals surface area contributed by atoms with Crippen LogP contribution >= 0.6 is 0 Å². The van der Waals surface area contributed by atoms with Crippen LogP contribution in [0.5, 0.6) is 0 Å². The van der Waals surface area contributed by atoms with Gasteiger partial charge in [-0.2, -0.15) is 0 Å². The maximum absolute atomic E-state index is 11.7. The van der Waals surface area contributed by atoms with Crippen molar-refractivity contribution in [2.45, 2.75) is 34.6 Å². The molecule has 0 bridgehead atoms. The van der Waals surface area contributed by atoms with Gasteiger partial charge < -0.3 is 0 Å². The van der Waals surface area contributed by atoms with E-state index in [2.05, 4.69) is 11.8 Å². The van der Waals surface area contributed by atoms with Gasteiger partial charge in [0.05, 0.1) is 0 Å². The third-order valence-corrected chi connectivity index (χ3v) is 3.10. The second-order valence-corrected chi connectivity index (χ2v) is 4.72. The first-order valence-corrected chi connectivity index (χ1v) is 6.60. The van der Waals surface area contributed by atoms with E-state index in [9.17, 15) is 4.79 Å². The van der Waals surface area contributed by atoms with E-state index in [1.807, 2.05) is 45.8 Å². The van der Waals surface area contributed by atoms with Crippen molar-refractivity contribution in [3.8, 4) is 11.8 Å². The summed E-state index contributed by atoms with van der Waals surface area (Å²) in [4.78, 5) is 11.7. The molecule has 0 aliphatic rings. The Hall–Kier alpha value is -2.08. The molecule has 20 heavy (non-hydrogen) atoms. The summed E-state index contributed by atoms with van der Waals surface area (Å²) in [5.74, 6) is 7.92. The summed E-state index contributed by atoms with van der Waals surface area (Å²) < 4.78 is 0. The van der Waals surface area contributed by atoms with Crippen molar-refractivity contribution in [3.63, 3.8) is 0 Å². The van der Waals surface area contributed by atoms with Crippen molar-refractivity contribution in [1.82, 2.24) is 0 Å². The van der Waals surface area contributed by atoms with Crippen LogP contribution in [-0.4, -0.2) is 12.7 Å². The van der Waals surface area contributed by atoms with E-state index >= 15 is 0 Å². The molecule has 1 aromatic heterocycles. The van der Waals surface area contributed by atoms with Gasteiger partial charge in [-0.05, 0) is 0 Å². The topological polar surface area (TPSA) is 43.1 Å². The third kappa shape index (κ3) is 3.48. The molecule has 2 N–H and O–H groups in total. The molecule has 0 spiro atoms. The first kappa shape index (κ1) is 16.0. The van der Waals surface area contributed by atoms with Crippen molar-refractivity contribution >= 4 is 23.8 Å². The predicted molar refractivity (Wildman–Crippen MR) is 87.1 cm³/mol. The Morgan fingerprint density at radius 2 is 2.05 bits per heavy atom. The number of hydrogen-bond donors (Lipinski definition) is 1. The molecule has 0 atom stereocenters. The van der Waals surface area contributed by atoms with Gasteiger partial charge in [-0.25, -0.2) is 0 Å². The molecule has 1 heterocycles. The van der Waals surface area contributed by atoms with Gasteiger partial charge in [-0.3, -0.25) is 0 Å². The fourth-order valence-electron chi connectivity index (χ4n) is 2.26. The van der Waals surface area contributed by atoms with Crippen LogP contribution in [0.2, 0.25) is 0 Å². The minimum absolute atomic E-state index is 0.0169. The van der Waals surface area contributed by atoms with Crippen molar-refractivity contribution in [1.29, 1.82) is 0 Å². The van der Waals surface area contributed by atoms with E-state index < -0.39 is 0 Å². The maximum atomic E-state index is 11.7. The van der Waals surface area contributed by atoms with Crippen molar-refractivity contribution in [2.75, 3.05) is 0 Å². The number of Topliss-reactive ketones (excluding diaryl/α,β-unsaturated/α-hetero) is 1. The van der Waals surface area contributed by atoms with Crippen molar-refractivity contribution in [2.24, 2.45) is 5.73 Å². The Morgan fingerprint density at radius 1 is 1.40 bits per heavy atom. The second-order valence-electron chi connectivity index (χ2n) is 4.72. The summed E-state index contributed by atoms with van der Waals surface area (Å²) in [6, 6.07) is 1.99. The second kappa shape index (κ2) is 6.91. The first-order valence-electron chi connectivity index (χ1n) is 6.60. The normalized spacial score (nSPS) is 12.2. The number of carbonyl (C=O) groups excluding carboxylic acids is 1. The Kier molecular flexibility index (Phi) is 5.52. The first-order chi connectivity index (χ1) is 9.42. The van der Waals surface area contributed by atoms with E-state index in [-0.39, 0.29) is 5.78 Å². The molecule has 1 aromatic rings. The van der Waals surface area contributed by atoms with Crippen LogP contribution in [0.4, 0.5) is 0 Å². The molecule has 0 aliphatic carbocycles. The molecule has 0 saturated carbocycles. The van der Waals surface area contributed by atoms with Gasteiger partial charge in [0.25, 0.3) is 0 Å². The Balaban J connectivity index is 3.40. The Morgan fingerprint density at radius 3 is 2.45 bits per heavy atom. The standard InChI is InChI=1S/C17H20BNO/c1-6-8-14(7-2)17-11(3)9-15(10-18-17)16(12(4)19)13(5)20/h7,9-10H,19H2,1-5H3/b14-7-,16-12?. The van der Waals surface area contributed by atoms with E-state index in [1.165, 1.54) is 6.92 Å². The minimum atomic E-state index is -0.0169. The average molecular weight is 265 g/mol. The number of ketones is 1. The van der Waals surface area contributed by atoms with Crippen LogP contribution in [0.3, 0.4) is 0 Å². The summed E-state index contributed by atoms with van der Waals surface area (Å²) in [6.07, 6.45) is 1.99. The van der Waals surface area contributed by atoms with Gasteiger partial charge in [0.2, 0.25) is 0 Å². The van der Waals surface area contributed by atoms with Crippen LogP contribution in [0.15, 0.2) is 23.8 Å². The molecule has 0 saturated heterocycles. The predicted octanol–water partition coefficient (Wildman–Crippen LogP) is 3.04. The van der Waals surface area contributed by atoms with Gasteiger partial charge >= 0.3 is 121 Å². The third-order valence-electron chi connectivity index (χ3n) is 3.10. The Labute approximate surface area is 122 Å². The van der Waals surface area contributed by atoms with Gasteiger partial charge in [0, 0.05) is 0 Å². The number of hydrogen-bond acceptors (Lipinski definition) is 2. The van der Waals surface area contributed by atoms with Gasteiger partial charge in [0.1, 0.15) is 0 Å². The molecular weight excluding hydrogens is 245 g/mol. The average Bonchev–Trinajstić information content (AvgIpc) is 2.36.